The summed E-state index contributed by atoms with van der Waals surface area (Å²) in [5, 5.41) is 0. The molecule has 0 radical (unpaired) electrons. The fourth-order valence-corrected chi connectivity index (χ4v) is 3.57. The lowest BCUT2D eigenvalue weighted by Gasteiger charge is -2.37. The Kier molecular flexibility index (Phi) is 9.84. The third-order valence-electron chi connectivity index (χ3n) is 5.31. The Bertz CT molecular complexity index is 475. The number of hydrogen-bond acceptors (Lipinski definition) is 3. The maximum atomic E-state index is 5.70. The zero-order chi connectivity index (χ0) is 19.6. The normalized spacial score (nSPS) is 13.8. The monoisotopic (exact) mass is 364 g/mol. The molecule has 0 aliphatic heterocycles. The SMILES string of the molecule is CCCCCCCCC(c1ccc(C(C)(C)C)cc1)C(OC)(OC)OC. The molecule has 1 aromatic rings. The lowest BCUT2D eigenvalue weighted by Crippen LogP contribution is -2.42. The first kappa shape index (κ1) is 23.1. The van der Waals surface area contributed by atoms with E-state index in [9.17, 15) is 0 Å². The molecule has 0 saturated heterocycles. The second-order valence-electron chi connectivity index (χ2n) is 8.20. The Labute approximate surface area is 161 Å². The summed E-state index contributed by atoms with van der Waals surface area (Å²) in [6.45, 7) is 8.96. The molecule has 26 heavy (non-hydrogen) atoms. The summed E-state index contributed by atoms with van der Waals surface area (Å²) in [6, 6.07) is 8.84. The molecule has 0 aromatic heterocycles. The van der Waals surface area contributed by atoms with Gasteiger partial charge in [-0.3, -0.25) is 0 Å². The van der Waals surface area contributed by atoms with Crippen LogP contribution < -0.4 is 0 Å². The zero-order valence-corrected chi connectivity index (χ0v) is 18.1. The van der Waals surface area contributed by atoms with Crippen LogP contribution in [0.5, 0.6) is 0 Å². The van der Waals surface area contributed by atoms with Crippen molar-refractivity contribution in [3.63, 3.8) is 0 Å². The lowest BCUT2D eigenvalue weighted by atomic mass is 9.84. The van der Waals surface area contributed by atoms with Gasteiger partial charge in [-0.05, 0) is 23.0 Å². The highest BCUT2D eigenvalue weighted by Crippen LogP contribution is 2.38. The van der Waals surface area contributed by atoms with E-state index < -0.39 is 5.97 Å². The van der Waals surface area contributed by atoms with Gasteiger partial charge in [0, 0.05) is 21.3 Å². The third kappa shape index (κ3) is 6.37. The summed E-state index contributed by atoms with van der Waals surface area (Å²) in [5.41, 5.74) is 2.68. The van der Waals surface area contributed by atoms with Gasteiger partial charge < -0.3 is 14.2 Å². The fraction of sp³-hybridized carbons (Fsp3) is 0.739. The molecule has 1 unspecified atom stereocenters. The van der Waals surface area contributed by atoms with E-state index >= 15 is 0 Å². The second kappa shape index (κ2) is 11.1. The van der Waals surface area contributed by atoms with Gasteiger partial charge in [-0.2, -0.15) is 0 Å². The maximum absolute atomic E-state index is 5.70. The summed E-state index contributed by atoms with van der Waals surface area (Å²) in [5.74, 6) is -0.991. The van der Waals surface area contributed by atoms with Gasteiger partial charge in [0.15, 0.2) is 0 Å². The van der Waals surface area contributed by atoms with Crippen molar-refractivity contribution in [1.29, 1.82) is 0 Å². The van der Waals surface area contributed by atoms with Gasteiger partial charge in [0.2, 0.25) is 0 Å². The van der Waals surface area contributed by atoms with E-state index in [4.69, 9.17) is 14.2 Å². The molecule has 0 saturated carbocycles. The van der Waals surface area contributed by atoms with Crippen molar-refractivity contribution >= 4 is 0 Å². The number of unbranched alkanes of at least 4 members (excludes halogenated alkanes) is 5. The molecular weight excluding hydrogens is 324 g/mol. The van der Waals surface area contributed by atoms with E-state index in [1.54, 1.807) is 21.3 Å². The van der Waals surface area contributed by atoms with Crippen molar-refractivity contribution in [2.45, 2.75) is 89.9 Å². The second-order valence-corrected chi connectivity index (χ2v) is 8.20. The molecule has 0 bridgehead atoms. The molecule has 150 valence electrons. The van der Waals surface area contributed by atoms with Gasteiger partial charge in [-0.15, -0.1) is 0 Å². The molecule has 0 spiro atoms. The topological polar surface area (TPSA) is 27.7 Å². The molecule has 1 rings (SSSR count). The third-order valence-corrected chi connectivity index (χ3v) is 5.31. The van der Waals surface area contributed by atoms with Crippen molar-refractivity contribution < 1.29 is 14.2 Å². The first-order valence-electron chi connectivity index (χ1n) is 10.1. The summed E-state index contributed by atoms with van der Waals surface area (Å²) in [4.78, 5) is 0. The Balaban J connectivity index is 2.93. The van der Waals surface area contributed by atoms with E-state index in [-0.39, 0.29) is 11.3 Å². The molecule has 0 aliphatic rings. The number of rotatable bonds is 12. The van der Waals surface area contributed by atoms with Gasteiger partial charge in [-0.25, -0.2) is 0 Å². The van der Waals surface area contributed by atoms with Crippen molar-refractivity contribution in [2.75, 3.05) is 21.3 Å². The molecule has 1 aromatic carbocycles. The highest BCUT2D eigenvalue weighted by molar-refractivity contribution is 5.30. The molecule has 0 aliphatic carbocycles. The molecule has 0 N–H and O–H groups in total. The van der Waals surface area contributed by atoms with Crippen molar-refractivity contribution in [3.05, 3.63) is 35.4 Å². The van der Waals surface area contributed by atoms with Crippen LogP contribution in [0.15, 0.2) is 24.3 Å². The molecule has 0 heterocycles. The van der Waals surface area contributed by atoms with Crippen LogP contribution in [0.4, 0.5) is 0 Å². The van der Waals surface area contributed by atoms with Gasteiger partial charge >= 0.3 is 0 Å². The highest BCUT2D eigenvalue weighted by Gasteiger charge is 2.40. The Hall–Kier alpha value is -0.900. The standard InChI is InChI=1S/C23H40O3/c1-8-9-10-11-12-13-14-21(23(24-5,25-6)26-7)19-15-17-20(18-16-19)22(2,3)4/h15-18,21H,8-14H2,1-7H3. The van der Waals surface area contributed by atoms with E-state index in [0.29, 0.717) is 0 Å². The fourth-order valence-electron chi connectivity index (χ4n) is 3.57. The molecule has 3 nitrogen and oxygen atoms in total. The van der Waals surface area contributed by atoms with E-state index in [0.717, 1.165) is 12.8 Å². The predicted octanol–water partition coefficient (Wildman–Crippen LogP) is 6.41. The van der Waals surface area contributed by atoms with Crippen LogP contribution >= 0.6 is 0 Å². The maximum Gasteiger partial charge on any atom is 0.289 e. The van der Waals surface area contributed by atoms with Crippen LogP contribution in [0.3, 0.4) is 0 Å². The van der Waals surface area contributed by atoms with Crippen LogP contribution in [0.2, 0.25) is 0 Å². The number of methoxy groups -OCH3 is 3. The van der Waals surface area contributed by atoms with E-state index in [1.807, 2.05) is 0 Å². The first-order valence-corrected chi connectivity index (χ1v) is 10.1. The van der Waals surface area contributed by atoms with Crippen LogP contribution in [0, 0.1) is 0 Å². The Morgan fingerprint density at radius 3 is 1.73 bits per heavy atom. The van der Waals surface area contributed by atoms with Gasteiger partial charge in [0.05, 0.1) is 5.92 Å². The number of benzene rings is 1. The summed E-state index contributed by atoms with van der Waals surface area (Å²) < 4.78 is 17.1. The average molecular weight is 365 g/mol. The average Bonchev–Trinajstić information content (AvgIpc) is 2.64. The number of hydrogen-bond donors (Lipinski definition) is 0. The van der Waals surface area contributed by atoms with Gasteiger partial charge in [-0.1, -0.05) is 90.5 Å². The minimum absolute atomic E-state index is 0.0442. The minimum atomic E-state index is -1.04. The first-order chi connectivity index (χ1) is 12.3. The van der Waals surface area contributed by atoms with Crippen molar-refractivity contribution in [3.8, 4) is 0 Å². The summed E-state index contributed by atoms with van der Waals surface area (Å²) in [6.07, 6.45) is 8.60. The van der Waals surface area contributed by atoms with Crippen LogP contribution in [0.1, 0.15) is 89.7 Å². The van der Waals surface area contributed by atoms with Gasteiger partial charge in [0.25, 0.3) is 5.97 Å². The highest BCUT2D eigenvalue weighted by atomic mass is 16.9. The smallest absolute Gasteiger partial charge is 0.289 e. The summed E-state index contributed by atoms with van der Waals surface area (Å²) >= 11 is 0. The Morgan fingerprint density at radius 1 is 0.769 bits per heavy atom. The molecule has 0 amide bonds. The Morgan fingerprint density at radius 2 is 1.27 bits per heavy atom. The van der Waals surface area contributed by atoms with E-state index in [2.05, 4.69) is 52.0 Å². The lowest BCUT2D eigenvalue weighted by molar-refractivity contribution is -0.365. The van der Waals surface area contributed by atoms with Crippen molar-refractivity contribution in [2.24, 2.45) is 0 Å². The van der Waals surface area contributed by atoms with Crippen molar-refractivity contribution in [1.82, 2.24) is 0 Å². The summed E-state index contributed by atoms with van der Waals surface area (Å²) in [7, 11) is 4.97. The molecule has 1 atom stereocenters. The van der Waals surface area contributed by atoms with Gasteiger partial charge in [0.1, 0.15) is 0 Å². The van der Waals surface area contributed by atoms with Crippen LogP contribution in [-0.4, -0.2) is 27.3 Å². The van der Waals surface area contributed by atoms with Crippen LogP contribution in [-0.2, 0) is 19.6 Å². The molecular formula is C23H40O3. The largest absolute Gasteiger partial charge is 0.330 e. The van der Waals surface area contributed by atoms with Crippen LogP contribution in [0.25, 0.3) is 0 Å². The zero-order valence-electron chi connectivity index (χ0n) is 18.1. The molecule has 0 fully saturated rings. The van der Waals surface area contributed by atoms with E-state index in [1.165, 1.54) is 43.2 Å². The molecule has 3 heteroatoms. The quantitative estimate of drug-likeness (QED) is 0.317. The minimum Gasteiger partial charge on any atom is -0.330 e. The number of ether oxygens (including phenoxy) is 3. The predicted molar refractivity (Wildman–Crippen MR) is 110 cm³/mol.